The van der Waals surface area contributed by atoms with Crippen LogP contribution >= 0.6 is 15.9 Å². The third-order valence-corrected chi connectivity index (χ3v) is 1.87. The van der Waals surface area contributed by atoms with Crippen molar-refractivity contribution >= 4 is 21.7 Å². The molecule has 0 fully saturated rings. The third-order valence-electron chi connectivity index (χ3n) is 1.34. The van der Waals surface area contributed by atoms with E-state index in [4.69, 9.17) is 0 Å². The number of nitro groups is 1. The van der Waals surface area contributed by atoms with Gasteiger partial charge < -0.3 is 14.7 Å². The summed E-state index contributed by atoms with van der Waals surface area (Å²) >= 11 is 3.14. The van der Waals surface area contributed by atoms with Crippen molar-refractivity contribution in [3.63, 3.8) is 0 Å². The Bertz CT molecular complexity index is 283. The minimum absolute atomic E-state index is 0.0793. The summed E-state index contributed by atoms with van der Waals surface area (Å²) < 4.78 is 1.62. The van der Waals surface area contributed by atoms with Gasteiger partial charge in [0.1, 0.15) is 5.69 Å². The number of rotatable bonds is 2. The van der Waals surface area contributed by atoms with Gasteiger partial charge in [-0.15, -0.1) is 0 Å². The summed E-state index contributed by atoms with van der Waals surface area (Å²) in [6.45, 7) is 0. The second-order valence-corrected chi connectivity index (χ2v) is 2.58. The lowest BCUT2D eigenvalue weighted by Gasteiger charge is -1.94. The molecule has 0 saturated heterocycles. The van der Waals surface area contributed by atoms with Gasteiger partial charge in [-0.25, -0.2) is 0 Å². The molecule has 0 aliphatic carbocycles. The summed E-state index contributed by atoms with van der Waals surface area (Å²) in [7, 11) is 1.72. The van der Waals surface area contributed by atoms with E-state index in [1.54, 1.807) is 11.6 Å². The number of imidazole rings is 1. The lowest BCUT2D eigenvalue weighted by atomic mass is 10.5. The van der Waals surface area contributed by atoms with Gasteiger partial charge >= 0.3 is 5.82 Å². The van der Waals surface area contributed by atoms with Crippen molar-refractivity contribution in [3.8, 4) is 0 Å². The Morgan fingerprint density at radius 2 is 2.55 bits per heavy atom. The van der Waals surface area contributed by atoms with E-state index in [1.807, 2.05) is 0 Å². The van der Waals surface area contributed by atoms with Crippen molar-refractivity contribution in [2.24, 2.45) is 7.05 Å². The molecule has 5 nitrogen and oxygen atoms in total. The van der Waals surface area contributed by atoms with Crippen LogP contribution in [0.25, 0.3) is 0 Å². The zero-order chi connectivity index (χ0) is 8.43. The first kappa shape index (κ1) is 8.19. The van der Waals surface area contributed by atoms with Gasteiger partial charge in [0.05, 0.1) is 5.33 Å². The minimum Gasteiger partial charge on any atom is -0.358 e. The molecular formula is C5H6BrN3O2. The maximum atomic E-state index is 10.3. The fraction of sp³-hybridized carbons (Fsp3) is 0.400. The minimum atomic E-state index is -0.489. The van der Waals surface area contributed by atoms with Crippen molar-refractivity contribution < 1.29 is 4.92 Å². The molecule has 1 aromatic heterocycles. The zero-order valence-corrected chi connectivity index (χ0v) is 7.41. The number of nitrogens with zero attached hydrogens (tertiary/aromatic N) is 3. The van der Waals surface area contributed by atoms with Gasteiger partial charge in [0.15, 0.2) is 0 Å². The molecule has 0 aromatic carbocycles. The van der Waals surface area contributed by atoms with E-state index in [0.717, 1.165) is 0 Å². The maximum absolute atomic E-state index is 10.3. The first-order valence-electron chi connectivity index (χ1n) is 2.87. The van der Waals surface area contributed by atoms with Gasteiger partial charge in [-0.1, -0.05) is 15.9 Å². The van der Waals surface area contributed by atoms with E-state index in [0.29, 0.717) is 11.0 Å². The molecule has 1 heterocycles. The summed E-state index contributed by atoms with van der Waals surface area (Å²) in [6, 6.07) is 0. The summed E-state index contributed by atoms with van der Waals surface area (Å²) in [5.74, 6) is -0.0793. The predicted molar refractivity (Wildman–Crippen MR) is 42.5 cm³/mol. The van der Waals surface area contributed by atoms with Gasteiger partial charge in [-0.3, -0.25) is 0 Å². The molecule has 0 saturated carbocycles. The standard InChI is InChI=1S/C5H6BrN3O2/c1-8-3-7-5(9(10)11)4(8)2-6/h3H,2H2,1H3. The van der Waals surface area contributed by atoms with Crippen LogP contribution in [-0.4, -0.2) is 14.5 Å². The highest BCUT2D eigenvalue weighted by Crippen LogP contribution is 2.17. The molecule has 0 aliphatic heterocycles. The van der Waals surface area contributed by atoms with Crippen molar-refractivity contribution in [3.05, 3.63) is 22.1 Å². The Morgan fingerprint density at radius 3 is 2.91 bits per heavy atom. The normalized spacial score (nSPS) is 10.0. The van der Waals surface area contributed by atoms with Crippen molar-refractivity contribution in [2.45, 2.75) is 5.33 Å². The van der Waals surface area contributed by atoms with Crippen LogP contribution in [0, 0.1) is 10.1 Å². The summed E-state index contributed by atoms with van der Waals surface area (Å²) in [5, 5.41) is 10.7. The summed E-state index contributed by atoms with van der Waals surface area (Å²) in [4.78, 5) is 13.4. The number of hydrogen-bond donors (Lipinski definition) is 0. The van der Waals surface area contributed by atoms with Gasteiger partial charge in [-0.2, -0.15) is 0 Å². The van der Waals surface area contributed by atoms with Gasteiger partial charge in [0, 0.05) is 7.05 Å². The van der Waals surface area contributed by atoms with E-state index >= 15 is 0 Å². The summed E-state index contributed by atoms with van der Waals surface area (Å²) in [5.41, 5.74) is 0.579. The number of aromatic nitrogens is 2. The zero-order valence-electron chi connectivity index (χ0n) is 5.82. The van der Waals surface area contributed by atoms with Crippen molar-refractivity contribution in [2.75, 3.05) is 0 Å². The lowest BCUT2D eigenvalue weighted by Crippen LogP contribution is -1.96. The van der Waals surface area contributed by atoms with E-state index in [-0.39, 0.29) is 5.82 Å². The maximum Gasteiger partial charge on any atom is 0.385 e. The number of hydrogen-bond acceptors (Lipinski definition) is 3. The molecule has 0 radical (unpaired) electrons. The van der Waals surface area contributed by atoms with Crippen molar-refractivity contribution in [1.82, 2.24) is 9.55 Å². The molecular weight excluding hydrogens is 214 g/mol. The number of aryl methyl sites for hydroxylation is 1. The monoisotopic (exact) mass is 219 g/mol. The Morgan fingerprint density at radius 1 is 1.91 bits per heavy atom. The third kappa shape index (κ3) is 1.40. The molecule has 0 atom stereocenters. The summed E-state index contributed by atoms with van der Waals surface area (Å²) in [6.07, 6.45) is 1.43. The Balaban J connectivity index is 3.15. The largest absolute Gasteiger partial charge is 0.385 e. The predicted octanol–water partition coefficient (Wildman–Crippen LogP) is 1.22. The van der Waals surface area contributed by atoms with E-state index in [9.17, 15) is 10.1 Å². The molecule has 6 heteroatoms. The van der Waals surface area contributed by atoms with Crippen LogP contribution in [0.3, 0.4) is 0 Å². The molecule has 0 bridgehead atoms. The fourth-order valence-electron chi connectivity index (χ4n) is 0.750. The molecule has 0 amide bonds. The molecule has 0 unspecified atom stereocenters. The number of alkyl halides is 1. The second kappa shape index (κ2) is 3.00. The topological polar surface area (TPSA) is 61.0 Å². The van der Waals surface area contributed by atoms with Crippen LogP contribution in [0.4, 0.5) is 5.82 Å². The average molecular weight is 220 g/mol. The quantitative estimate of drug-likeness (QED) is 0.427. The Labute approximate surface area is 71.3 Å². The average Bonchev–Trinajstić information content (AvgIpc) is 2.30. The van der Waals surface area contributed by atoms with Gasteiger partial charge in [0.25, 0.3) is 0 Å². The van der Waals surface area contributed by atoms with E-state index < -0.39 is 4.92 Å². The van der Waals surface area contributed by atoms with Gasteiger partial charge in [-0.05, 0) is 9.91 Å². The molecule has 0 spiro atoms. The molecule has 0 aliphatic rings. The van der Waals surface area contributed by atoms with Crippen LogP contribution in [0.15, 0.2) is 6.33 Å². The van der Waals surface area contributed by atoms with Crippen LogP contribution < -0.4 is 0 Å². The molecule has 11 heavy (non-hydrogen) atoms. The Kier molecular flexibility index (Phi) is 2.23. The van der Waals surface area contributed by atoms with E-state index in [2.05, 4.69) is 20.9 Å². The first-order valence-corrected chi connectivity index (χ1v) is 3.99. The van der Waals surface area contributed by atoms with Crippen LogP contribution in [-0.2, 0) is 12.4 Å². The first-order chi connectivity index (χ1) is 5.16. The second-order valence-electron chi connectivity index (χ2n) is 2.02. The van der Waals surface area contributed by atoms with Crippen LogP contribution in [0.5, 0.6) is 0 Å². The number of halogens is 1. The molecule has 0 N–H and O–H groups in total. The Hall–Kier alpha value is -0.910. The van der Waals surface area contributed by atoms with Crippen LogP contribution in [0.2, 0.25) is 0 Å². The van der Waals surface area contributed by atoms with Crippen LogP contribution in [0.1, 0.15) is 5.69 Å². The molecule has 1 aromatic rings. The highest BCUT2D eigenvalue weighted by molar-refractivity contribution is 9.08. The fourth-order valence-corrected chi connectivity index (χ4v) is 1.40. The highest BCUT2D eigenvalue weighted by atomic mass is 79.9. The lowest BCUT2D eigenvalue weighted by molar-refractivity contribution is -0.390. The van der Waals surface area contributed by atoms with E-state index in [1.165, 1.54) is 6.33 Å². The smallest absolute Gasteiger partial charge is 0.358 e. The highest BCUT2D eigenvalue weighted by Gasteiger charge is 2.17. The molecule has 60 valence electrons. The molecule has 1 rings (SSSR count). The van der Waals surface area contributed by atoms with Gasteiger partial charge in [0.2, 0.25) is 6.33 Å². The van der Waals surface area contributed by atoms with Crippen molar-refractivity contribution in [1.29, 1.82) is 0 Å². The SMILES string of the molecule is Cn1cnc([N+](=O)[O-])c1CBr.